The Morgan fingerprint density at radius 1 is 1.15 bits per heavy atom. The molecule has 2 aromatic carbocycles. The van der Waals surface area contributed by atoms with Crippen LogP contribution in [0.25, 0.3) is 11.0 Å². The number of fused-ring (bicyclic) bond motifs is 1. The number of imidazole rings is 1. The lowest BCUT2D eigenvalue weighted by molar-refractivity contribution is 0.0557. The molecule has 1 heterocycles. The number of benzene rings is 2. The second-order valence-corrected chi connectivity index (χ2v) is 9.05. The van der Waals surface area contributed by atoms with Crippen LogP contribution in [0.5, 0.6) is 0 Å². The lowest BCUT2D eigenvalue weighted by Gasteiger charge is -2.20. The summed E-state index contributed by atoms with van der Waals surface area (Å²) in [5, 5.41) is 0. The Labute approximate surface area is 163 Å². The Hall–Kier alpha value is -1.60. The van der Waals surface area contributed by atoms with Crippen LogP contribution >= 0.6 is 23.5 Å². The van der Waals surface area contributed by atoms with E-state index in [1.165, 1.54) is 12.1 Å². The van der Waals surface area contributed by atoms with Crippen molar-refractivity contribution in [2.75, 3.05) is 0 Å². The standard InChI is InChI=1S/C18H18BrF2N2O3P/c1-10-4-5-11(2)17-16(10)22-12(3)23(17)9-13-6-7-14(15(19)8-13)18(20,21)27(24,25)26/h4-8H,9H2,1-3H3,(H2,24,25,26). The SMILES string of the molecule is Cc1ccc(C)c2c1nc(C)n2Cc1ccc(C(F)(F)P(=O)(O)O)c(Br)c1. The van der Waals surface area contributed by atoms with E-state index in [1.807, 2.05) is 37.5 Å². The molecule has 3 aromatic rings. The van der Waals surface area contributed by atoms with Crippen molar-refractivity contribution in [2.24, 2.45) is 0 Å². The van der Waals surface area contributed by atoms with Crippen LogP contribution in [0.2, 0.25) is 0 Å². The van der Waals surface area contributed by atoms with Crippen molar-refractivity contribution in [3.05, 3.63) is 62.9 Å². The number of aromatic nitrogens is 2. The Morgan fingerprint density at radius 3 is 2.37 bits per heavy atom. The predicted molar refractivity (Wildman–Crippen MR) is 103 cm³/mol. The summed E-state index contributed by atoms with van der Waals surface area (Å²) in [6.07, 6.45) is 0. The van der Waals surface area contributed by atoms with E-state index in [0.717, 1.165) is 34.1 Å². The first kappa shape index (κ1) is 20.1. The van der Waals surface area contributed by atoms with Crippen molar-refractivity contribution in [3.63, 3.8) is 0 Å². The fourth-order valence-corrected chi connectivity index (χ4v) is 4.42. The highest BCUT2D eigenvalue weighted by Gasteiger charge is 2.51. The summed E-state index contributed by atoms with van der Waals surface area (Å²) >= 11 is 3.03. The van der Waals surface area contributed by atoms with Gasteiger partial charge in [-0.05, 0) is 43.5 Å². The third-order valence-electron chi connectivity index (χ3n) is 4.55. The minimum absolute atomic E-state index is 0.0525. The van der Waals surface area contributed by atoms with Crippen molar-refractivity contribution < 1.29 is 23.1 Å². The van der Waals surface area contributed by atoms with E-state index in [-0.39, 0.29) is 4.47 Å². The van der Waals surface area contributed by atoms with Gasteiger partial charge in [-0.25, -0.2) is 4.98 Å². The van der Waals surface area contributed by atoms with E-state index in [1.54, 1.807) is 0 Å². The third kappa shape index (κ3) is 3.47. The number of alkyl halides is 2. The Kier molecular flexibility index (Phi) is 5.06. The van der Waals surface area contributed by atoms with Gasteiger partial charge in [-0.1, -0.05) is 40.2 Å². The summed E-state index contributed by atoms with van der Waals surface area (Å²) in [5.41, 5.74) is -0.302. The van der Waals surface area contributed by atoms with E-state index < -0.39 is 18.8 Å². The third-order valence-corrected chi connectivity index (χ3v) is 6.18. The summed E-state index contributed by atoms with van der Waals surface area (Å²) in [7, 11) is -5.62. The number of aryl methyl sites for hydroxylation is 3. The minimum atomic E-state index is -5.62. The summed E-state index contributed by atoms with van der Waals surface area (Å²) < 4.78 is 41.1. The van der Waals surface area contributed by atoms with Gasteiger partial charge in [0.15, 0.2) is 0 Å². The lowest BCUT2D eigenvalue weighted by atomic mass is 10.1. The van der Waals surface area contributed by atoms with Crippen LogP contribution < -0.4 is 0 Å². The van der Waals surface area contributed by atoms with Gasteiger partial charge < -0.3 is 14.4 Å². The van der Waals surface area contributed by atoms with Gasteiger partial charge in [-0.15, -0.1) is 0 Å². The molecular weight excluding hydrogens is 441 g/mol. The number of halogens is 3. The number of rotatable bonds is 4. The molecule has 27 heavy (non-hydrogen) atoms. The second-order valence-electron chi connectivity index (χ2n) is 6.54. The van der Waals surface area contributed by atoms with Gasteiger partial charge in [-0.2, -0.15) is 8.78 Å². The fourth-order valence-electron chi connectivity index (χ4n) is 3.08. The zero-order valence-corrected chi connectivity index (χ0v) is 17.4. The molecule has 9 heteroatoms. The Morgan fingerprint density at radius 2 is 1.78 bits per heavy atom. The fraction of sp³-hybridized carbons (Fsp3) is 0.278. The van der Waals surface area contributed by atoms with Crippen LogP contribution in [0.15, 0.2) is 34.8 Å². The van der Waals surface area contributed by atoms with Crippen LogP contribution in [-0.2, 0) is 16.8 Å². The van der Waals surface area contributed by atoms with Gasteiger partial charge in [0, 0.05) is 16.6 Å². The van der Waals surface area contributed by atoms with Gasteiger partial charge in [0.05, 0.1) is 11.0 Å². The molecule has 0 radical (unpaired) electrons. The quantitative estimate of drug-likeness (QED) is 0.539. The summed E-state index contributed by atoms with van der Waals surface area (Å²) in [6.45, 7) is 6.24. The van der Waals surface area contributed by atoms with Gasteiger partial charge in [0.25, 0.3) is 0 Å². The molecule has 0 aliphatic carbocycles. The molecule has 0 saturated carbocycles. The first-order valence-electron chi connectivity index (χ1n) is 8.09. The average molecular weight is 459 g/mol. The van der Waals surface area contributed by atoms with E-state index in [2.05, 4.69) is 20.9 Å². The molecule has 0 saturated heterocycles. The van der Waals surface area contributed by atoms with Crippen molar-refractivity contribution >= 4 is 34.6 Å². The van der Waals surface area contributed by atoms with Crippen molar-refractivity contribution in [3.8, 4) is 0 Å². The zero-order chi connectivity index (χ0) is 20.1. The first-order chi connectivity index (χ1) is 12.4. The van der Waals surface area contributed by atoms with E-state index in [9.17, 15) is 13.3 Å². The van der Waals surface area contributed by atoms with E-state index in [4.69, 9.17) is 9.79 Å². The predicted octanol–water partition coefficient (Wildman–Crippen LogP) is 5.00. The van der Waals surface area contributed by atoms with Crippen LogP contribution in [0.3, 0.4) is 0 Å². The molecular formula is C18H18BrF2N2O3P. The molecule has 0 unspecified atom stereocenters. The smallest absolute Gasteiger partial charge is 0.323 e. The lowest BCUT2D eigenvalue weighted by Crippen LogP contribution is -2.15. The molecule has 0 aliphatic rings. The summed E-state index contributed by atoms with van der Waals surface area (Å²) in [5.74, 6) is 0.795. The molecule has 0 aliphatic heterocycles. The molecule has 0 bridgehead atoms. The van der Waals surface area contributed by atoms with Crippen LogP contribution in [0, 0.1) is 20.8 Å². The molecule has 0 atom stereocenters. The highest BCUT2D eigenvalue weighted by Crippen LogP contribution is 2.60. The number of hydrogen-bond donors (Lipinski definition) is 2. The van der Waals surface area contributed by atoms with Gasteiger partial charge in [-0.3, -0.25) is 4.57 Å². The molecule has 5 nitrogen and oxygen atoms in total. The molecule has 144 valence electrons. The van der Waals surface area contributed by atoms with Crippen LogP contribution in [0.1, 0.15) is 28.1 Å². The molecule has 2 N–H and O–H groups in total. The van der Waals surface area contributed by atoms with E-state index >= 15 is 0 Å². The maximum Gasteiger partial charge on any atom is 0.399 e. The van der Waals surface area contributed by atoms with Gasteiger partial charge in [0.1, 0.15) is 5.82 Å². The molecule has 0 amide bonds. The molecule has 0 fully saturated rings. The summed E-state index contributed by atoms with van der Waals surface area (Å²) in [4.78, 5) is 22.5. The molecule has 1 aromatic heterocycles. The highest BCUT2D eigenvalue weighted by atomic mass is 79.9. The minimum Gasteiger partial charge on any atom is -0.323 e. The van der Waals surface area contributed by atoms with Crippen molar-refractivity contribution in [2.45, 2.75) is 33.0 Å². The first-order valence-corrected chi connectivity index (χ1v) is 10.5. The second kappa shape index (κ2) is 6.78. The van der Waals surface area contributed by atoms with Crippen LogP contribution in [0.4, 0.5) is 8.78 Å². The van der Waals surface area contributed by atoms with Crippen molar-refractivity contribution in [1.82, 2.24) is 9.55 Å². The van der Waals surface area contributed by atoms with E-state index in [0.29, 0.717) is 12.1 Å². The Bertz CT molecular complexity index is 1090. The van der Waals surface area contributed by atoms with Crippen molar-refractivity contribution in [1.29, 1.82) is 0 Å². The Balaban J connectivity index is 2.05. The van der Waals surface area contributed by atoms with Crippen LogP contribution in [-0.4, -0.2) is 19.3 Å². The highest BCUT2D eigenvalue weighted by molar-refractivity contribution is 9.10. The van der Waals surface area contributed by atoms with Gasteiger partial charge in [0.2, 0.25) is 0 Å². The normalized spacial score (nSPS) is 12.7. The topological polar surface area (TPSA) is 75.4 Å². The number of nitrogens with zero attached hydrogens (tertiary/aromatic N) is 2. The molecule has 0 spiro atoms. The maximum atomic E-state index is 14.0. The zero-order valence-electron chi connectivity index (χ0n) is 14.9. The average Bonchev–Trinajstić information content (AvgIpc) is 2.88. The maximum absolute atomic E-state index is 14.0. The monoisotopic (exact) mass is 458 g/mol. The molecule has 3 rings (SSSR count). The van der Waals surface area contributed by atoms with Gasteiger partial charge >= 0.3 is 13.3 Å². The largest absolute Gasteiger partial charge is 0.399 e. The number of hydrogen-bond acceptors (Lipinski definition) is 2. The summed E-state index contributed by atoms with van der Waals surface area (Å²) in [6, 6.07) is 7.96.